The van der Waals surface area contributed by atoms with Gasteiger partial charge in [0.1, 0.15) is 0 Å². The summed E-state index contributed by atoms with van der Waals surface area (Å²) in [6.07, 6.45) is 3.14. The van der Waals surface area contributed by atoms with Crippen molar-refractivity contribution >= 4 is 5.96 Å². The first-order valence-electron chi connectivity index (χ1n) is 9.61. The van der Waals surface area contributed by atoms with Gasteiger partial charge in [-0.1, -0.05) is 0 Å². The summed E-state index contributed by atoms with van der Waals surface area (Å²) in [6, 6.07) is 0. The van der Waals surface area contributed by atoms with Crippen LogP contribution in [0.3, 0.4) is 0 Å². The average Bonchev–Trinajstić information content (AvgIpc) is 3.11. The van der Waals surface area contributed by atoms with E-state index < -0.39 is 0 Å². The van der Waals surface area contributed by atoms with E-state index in [0.29, 0.717) is 5.92 Å². The smallest absolute Gasteiger partial charge is 0.191 e. The van der Waals surface area contributed by atoms with E-state index in [-0.39, 0.29) is 0 Å². The zero-order chi connectivity index (χ0) is 18.2. The Morgan fingerprint density at radius 2 is 2.12 bits per heavy atom. The molecule has 0 saturated carbocycles. The molecule has 7 heteroatoms. The van der Waals surface area contributed by atoms with Gasteiger partial charge in [0.2, 0.25) is 0 Å². The molecule has 0 aromatic carbocycles. The SMILES string of the molecule is CCNC(=NCCCOCC1CCOC1)NCCN(C)CCCOC. The normalized spacial score (nSPS) is 18.1. The predicted molar refractivity (Wildman–Crippen MR) is 102 cm³/mol. The van der Waals surface area contributed by atoms with E-state index in [2.05, 4.69) is 34.5 Å². The maximum Gasteiger partial charge on any atom is 0.191 e. The van der Waals surface area contributed by atoms with Gasteiger partial charge >= 0.3 is 0 Å². The Labute approximate surface area is 153 Å². The number of likely N-dealkylation sites (N-methyl/N-ethyl adjacent to an activating group) is 1. The van der Waals surface area contributed by atoms with Crippen molar-refractivity contribution in [2.75, 3.05) is 79.9 Å². The van der Waals surface area contributed by atoms with Gasteiger partial charge in [0.25, 0.3) is 0 Å². The Bertz CT molecular complexity index is 336. The van der Waals surface area contributed by atoms with Gasteiger partial charge < -0.3 is 29.7 Å². The molecule has 1 rings (SSSR count). The zero-order valence-electron chi connectivity index (χ0n) is 16.4. The molecule has 1 aliphatic heterocycles. The van der Waals surface area contributed by atoms with E-state index >= 15 is 0 Å². The standard InChI is InChI=1S/C18H38N4O3/c1-4-19-18(21-9-11-22(2)10-6-12-23-3)20-8-5-13-24-15-17-7-14-25-16-17/h17H,4-16H2,1-3H3,(H2,19,20,21). The zero-order valence-corrected chi connectivity index (χ0v) is 16.4. The number of methoxy groups -OCH3 is 1. The molecule has 7 nitrogen and oxygen atoms in total. The van der Waals surface area contributed by atoms with Crippen molar-refractivity contribution in [1.82, 2.24) is 15.5 Å². The molecule has 1 fully saturated rings. The highest BCUT2D eigenvalue weighted by molar-refractivity contribution is 5.79. The number of ether oxygens (including phenoxy) is 3. The lowest BCUT2D eigenvalue weighted by molar-refractivity contribution is 0.0893. The molecule has 0 radical (unpaired) electrons. The van der Waals surface area contributed by atoms with Crippen LogP contribution in [-0.2, 0) is 14.2 Å². The number of guanidine groups is 1. The van der Waals surface area contributed by atoms with Crippen LogP contribution in [0.15, 0.2) is 4.99 Å². The van der Waals surface area contributed by atoms with Crippen molar-refractivity contribution in [3.05, 3.63) is 0 Å². The number of nitrogens with zero attached hydrogens (tertiary/aromatic N) is 2. The molecule has 1 heterocycles. The number of hydrogen-bond donors (Lipinski definition) is 2. The van der Waals surface area contributed by atoms with Crippen LogP contribution in [0.2, 0.25) is 0 Å². The Balaban J connectivity index is 2.07. The molecule has 148 valence electrons. The number of rotatable bonds is 14. The molecule has 1 saturated heterocycles. The van der Waals surface area contributed by atoms with Crippen molar-refractivity contribution in [3.8, 4) is 0 Å². The first-order chi connectivity index (χ1) is 12.3. The van der Waals surface area contributed by atoms with Gasteiger partial charge in [-0.25, -0.2) is 0 Å². The predicted octanol–water partition coefficient (Wildman–Crippen LogP) is 0.953. The summed E-state index contributed by atoms with van der Waals surface area (Å²) < 4.78 is 16.1. The second kappa shape index (κ2) is 15.4. The second-order valence-electron chi connectivity index (χ2n) is 6.50. The molecule has 0 spiro atoms. The Hall–Kier alpha value is -0.890. The van der Waals surface area contributed by atoms with Crippen LogP contribution in [-0.4, -0.2) is 90.8 Å². The van der Waals surface area contributed by atoms with E-state index in [9.17, 15) is 0 Å². The fourth-order valence-corrected chi connectivity index (χ4v) is 2.62. The lowest BCUT2D eigenvalue weighted by Crippen LogP contribution is -2.41. The quantitative estimate of drug-likeness (QED) is 0.274. The lowest BCUT2D eigenvalue weighted by Gasteiger charge is -2.18. The summed E-state index contributed by atoms with van der Waals surface area (Å²) in [5.74, 6) is 1.47. The third-order valence-electron chi connectivity index (χ3n) is 4.11. The van der Waals surface area contributed by atoms with Crippen LogP contribution < -0.4 is 10.6 Å². The van der Waals surface area contributed by atoms with Crippen LogP contribution in [0.25, 0.3) is 0 Å². The molecule has 0 aromatic heterocycles. The molecule has 1 unspecified atom stereocenters. The maximum absolute atomic E-state index is 5.71. The fraction of sp³-hybridized carbons (Fsp3) is 0.944. The number of hydrogen-bond acceptors (Lipinski definition) is 5. The summed E-state index contributed by atoms with van der Waals surface area (Å²) in [6.45, 7) is 10.8. The van der Waals surface area contributed by atoms with Crippen LogP contribution in [0.1, 0.15) is 26.2 Å². The summed E-state index contributed by atoms with van der Waals surface area (Å²) in [7, 11) is 3.88. The minimum Gasteiger partial charge on any atom is -0.385 e. The Morgan fingerprint density at radius 3 is 2.84 bits per heavy atom. The lowest BCUT2D eigenvalue weighted by atomic mass is 10.1. The van der Waals surface area contributed by atoms with E-state index in [1.807, 2.05) is 0 Å². The van der Waals surface area contributed by atoms with E-state index in [1.165, 1.54) is 0 Å². The van der Waals surface area contributed by atoms with Crippen molar-refractivity contribution in [2.24, 2.45) is 10.9 Å². The molecular formula is C18H38N4O3. The van der Waals surface area contributed by atoms with Crippen molar-refractivity contribution < 1.29 is 14.2 Å². The van der Waals surface area contributed by atoms with Crippen LogP contribution in [0, 0.1) is 5.92 Å². The first kappa shape index (κ1) is 22.2. The third kappa shape index (κ3) is 12.2. The topological polar surface area (TPSA) is 67.4 Å². The molecule has 0 aromatic rings. The highest BCUT2D eigenvalue weighted by Crippen LogP contribution is 2.12. The van der Waals surface area contributed by atoms with Crippen LogP contribution in [0.4, 0.5) is 0 Å². The minimum absolute atomic E-state index is 0.586. The second-order valence-corrected chi connectivity index (χ2v) is 6.50. The average molecular weight is 359 g/mol. The fourth-order valence-electron chi connectivity index (χ4n) is 2.62. The first-order valence-corrected chi connectivity index (χ1v) is 9.61. The van der Waals surface area contributed by atoms with E-state index in [1.54, 1.807) is 7.11 Å². The van der Waals surface area contributed by atoms with Crippen molar-refractivity contribution in [1.29, 1.82) is 0 Å². The van der Waals surface area contributed by atoms with E-state index in [0.717, 1.165) is 91.0 Å². The third-order valence-corrected chi connectivity index (χ3v) is 4.11. The summed E-state index contributed by atoms with van der Waals surface area (Å²) in [5, 5.41) is 6.67. The molecule has 0 bridgehead atoms. The molecule has 0 amide bonds. The molecular weight excluding hydrogens is 320 g/mol. The molecule has 25 heavy (non-hydrogen) atoms. The van der Waals surface area contributed by atoms with Crippen LogP contribution >= 0.6 is 0 Å². The monoisotopic (exact) mass is 358 g/mol. The highest BCUT2D eigenvalue weighted by Gasteiger charge is 2.15. The molecule has 0 aliphatic carbocycles. The van der Waals surface area contributed by atoms with Gasteiger partial charge in [0, 0.05) is 65.6 Å². The van der Waals surface area contributed by atoms with Gasteiger partial charge in [-0.2, -0.15) is 0 Å². The van der Waals surface area contributed by atoms with Crippen molar-refractivity contribution in [2.45, 2.75) is 26.2 Å². The van der Waals surface area contributed by atoms with Gasteiger partial charge in [0.05, 0.1) is 13.2 Å². The number of nitrogens with one attached hydrogen (secondary N) is 2. The van der Waals surface area contributed by atoms with Gasteiger partial charge in [0.15, 0.2) is 5.96 Å². The molecule has 2 N–H and O–H groups in total. The van der Waals surface area contributed by atoms with Gasteiger partial charge in [-0.3, -0.25) is 4.99 Å². The minimum atomic E-state index is 0.586. The molecule has 1 aliphatic rings. The largest absolute Gasteiger partial charge is 0.385 e. The Morgan fingerprint density at radius 1 is 1.24 bits per heavy atom. The summed E-state index contributed by atoms with van der Waals surface area (Å²) in [4.78, 5) is 6.91. The Kier molecular flexibility index (Phi) is 13.6. The van der Waals surface area contributed by atoms with Gasteiger partial charge in [-0.05, 0) is 33.2 Å². The number of aliphatic imine (C=N–C) groups is 1. The summed E-state index contributed by atoms with van der Waals surface area (Å²) >= 11 is 0. The summed E-state index contributed by atoms with van der Waals surface area (Å²) in [5.41, 5.74) is 0. The van der Waals surface area contributed by atoms with Crippen molar-refractivity contribution in [3.63, 3.8) is 0 Å². The maximum atomic E-state index is 5.71. The highest BCUT2D eigenvalue weighted by atomic mass is 16.5. The van der Waals surface area contributed by atoms with Crippen LogP contribution in [0.5, 0.6) is 0 Å². The van der Waals surface area contributed by atoms with E-state index in [4.69, 9.17) is 14.2 Å². The molecule has 1 atom stereocenters. The van der Waals surface area contributed by atoms with Gasteiger partial charge in [-0.15, -0.1) is 0 Å².